The quantitative estimate of drug-likeness (QED) is 0.604. The first kappa shape index (κ1) is 19.5. The summed E-state index contributed by atoms with van der Waals surface area (Å²) in [5, 5.41) is 8.62. The molecule has 0 spiro atoms. The highest BCUT2D eigenvalue weighted by molar-refractivity contribution is 8.00. The zero-order chi connectivity index (χ0) is 19.4. The lowest BCUT2D eigenvalue weighted by molar-refractivity contribution is -0.131. The molecule has 1 unspecified atom stereocenters. The van der Waals surface area contributed by atoms with E-state index in [0.29, 0.717) is 22.8 Å². The third kappa shape index (κ3) is 4.21. The van der Waals surface area contributed by atoms with Crippen molar-refractivity contribution < 1.29 is 9.53 Å². The van der Waals surface area contributed by atoms with Gasteiger partial charge >= 0.3 is 0 Å². The third-order valence-corrected chi connectivity index (χ3v) is 6.16. The smallest absolute Gasteiger partial charge is 0.235 e. The molecule has 1 amide bonds. The molecular formula is C19H27N5O2S. The minimum Gasteiger partial charge on any atom is -0.496 e. The van der Waals surface area contributed by atoms with E-state index in [-0.39, 0.29) is 11.2 Å². The molecule has 2 N–H and O–H groups in total. The van der Waals surface area contributed by atoms with Gasteiger partial charge in [-0.05, 0) is 31.9 Å². The van der Waals surface area contributed by atoms with Crippen molar-refractivity contribution in [2.75, 3.05) is 20.0 Å². The zero-order valence-corrected chi connectivity index (χ0v) is 16.9. The molecule has 7 nitrogen and oxygen atoms in total. The molecule has 1 aromatic carbocycles. The van der Waals surface area contributed by atoms with Crippen molar-refractivity contribution >= 4 is 17.7 Å². The molecule has 3 rings (SSSR count). The highest BCUT2D eigenvalue weighted by Crippen LogP contribution is 2.31. The Morgan fingerprint density at radius 3 is 2.70 bits per heavy atom. The maximum absolute atomic E-state index is 12.8. The molecule has 1 aliphatic carbocycles. The van der Waals surface area contributed by atoms with Crippen LogP contribution in [0.15, 0.2) is 29.4 Å². The fraction of sp³-hybridized carbons (Fsp3) is 0.526. The standard InChI is InChI=1S/C19H27N5O2S/c1-13(18(25)23(2)14-9-5-4-6-10-14)27-19-22-21-17(24(19)20)15-11-7-8-12-16(15)26-3/h7-8,11-14H,4-6,9-10,20H2,1-3H3. The molecule has 0 saturated heterocycles. The Labute approximate surface area is 164 Å². The number of hydrogen-bond acceptors (Lipinski definition) is 6. The summed E-state index contributed by atoms with van der Waals surface area (Å²) >= 11 is 1.33. The van der Waals surface area contributed by atoms with Crippen LogP contribution in [0, 0.1) is 0 Å². The van der Waals surface area contributed by atoms with Gasteiger partial charge in [-0.1, -0.05) is 43.2 Å². The van der Waals surface area contributed by atoms with Gasteiger partial charge in [0, 0.05) is 13.1 Å². The number of amides is 1. The van der Waals surface area contributed by atoms with Crippen LogP contribution in [0.25, 0.3) is 11.4 Å². The van der Waals surface area contributed by atoms with E-state index in [9.17, 15) is 4.79 Å². The van der Waals surface area contributed by atoms with Crippen molar-refractivity contribution in [1.29, 1.82) is 0 Å². The predicted molar refractivity (Wildman–Crippen MR) is 107 cm³/mol. The number of para-hydroxylation sites is 1. The summed E-state index contributed by atoms with van der Waals surface area (Å²) in [5.41, 5.74) is 0.764. The van der Waals surface area contributed by atoms with E-state index in [1.807, 2.05) is 43.1 Å². The second-order valence-corrected chi connectivity index (χ2v) is 8.19. The monoisotopic (exact) mass is 389 g/mol. The minimum atomic E-state index is -0.283. The second-order valence-electron chi connectivity index (χ2n) is 6.88. The van der Waals surface area contributed by atoms with Gasteiger partial charge in [0.1, 0.15) is 5.75 Å². The zero-order valence-electron chi connectivity index (χ0n) is 16.1. The number of nitrogen functional groups attached to an aromatic ring is 1. The van der Waals surface area contributed by atoms with Crippen LogP contribution in [0.5, 0.6) is 5.75 Å². The molecule has 1 atom stereocenters. The molecule has 146 valence electrons. The fourth-order valence-corrected chi connectivity index (χ4v) is 4.39. The van der Waals surface area contributed by atoms with Crippen molar-refractivity contribution in [2.24, 2.45) is 0 Å². The Bertz CT molecular complexity index is 788. The predicted octanol–water partition coefficient (Wildman–Crippen LogP) is 2.94. The second kappa shape index (κ2) is 8.65. The number of carbonyl (C=O) groups is 1. The van der Waals surface area contributed by atoms with Gasteiger partial charge in [-0.25, -0.2) is 4.68 Å². The van der Waals surface area contributed by atoms with Crippen LogP contribution < -0.4 is 10.6 Å². The van der Waals surface area contributed by atoms with Crippen molar-refractivity contribution in [3.8, 4) is 17.1 Å². The SMILES string of the molecule is COc1ccccc1-c1nnc(SC(C)C(=O)N(C)C2CCCCC2)n1N. The number of nitrogens with zero attached hydrogens (tertiary/aromatic N) is 4. The molecule has 1 aromatic heterocycles. The van der Waals surface area contributed by atoms with Crippen LogP contribution in [-0.2, 0) is 4.79 Å². The lowest BCUT2D eigenvalue weighted by Gasteiger charge is -2.32. The van der Waals surface area contributed by atoms with E-state index in [0.717, 1.165) is 18.4 Å². The van der Waals surface area contributed by atoms with Crippen LogP contribution >= 0.6 is 11.8 Å². The lowest BCUT2D eigenvalue weighted by Crippen LogP contribution is -2.42. The van der Waals surface area contributed by atoms with Crippen molar-refractivity contribution in [1.82, 2.24) is 19.8 Å². The number of rotatable bonds is 6. The number of benzene rings is 1. The molecule has 1 heterocycles. The number of methoxy groups -OCH3 is 1. The normalized spacial score (nSPS) is 16.1. The summed E-state index contributed by atoms with van der Waals surface area (Å²) in [6.07, 6.45) is 5.84. The number of hydrogen-bond donors (Lipinski definition) is 1. The number of aromatic nitrogens is 3. The van der Waals surface area contributed by atoms with Gasteiger partial charge in [-0.15, -0.1) is 10.2 Å². The summed E-state index contributed by atoms with van der Waals surface area (Å²) in [4.78, 5) is 14.7. The Morgan fingerprint density at radius 2 is 2.00 bits per heavy atom. The van der Waals surface area contributed by atoms with Gasteiger partial charge < -0.3 is 15.5 Å². The van der Waals surface area contributed by atoms with Crippen LogP contribution in [0.3, 0.4) is 0 Å². The molecule has 1 fully saturated rings. The van der Waals surface area contributed by atoms with Gasteiger partial charge in [-0.3, -0.25) is 4.79 Å². The summed E-state index contributed by atoms with van der Waals surface area (Å²) in [6.45, 7) is 1.89. The highest BCUT2D eigenvalue weighted by atomic mass is 32.2. The van der Waals surface area contributed by atoms with Gasteiger partial charge in [0.05, 0.1) is 17.9 Å². The third-order valence-electron chi connectivity index (χ3n) is 5.11. The Balaban J connectivity index is 1.72. The van der Waals surface area contributed by atoms with Crippen LogP contribution in [0.4, 0.5) is 0 Å². The van der Waals surface area contributed by atoms with Crippen LogP contribution in [-0.4, -0.2) is 51.1 Å². The van der Waals surface area contributed by atoms with Gasteiger partial charge in [0.2, 0.25) is 11.1 Å². The Hall–Kier alpha value is -2.22. The minimum absolute atomic E-state index is 0.105. The number of thioether (sulfide) groups is 1. The van der Waals surface area contributed by atoms with Gasteiger partial charge in [-0.2, -0.15) is 0 Å². The number of ether oxygens (including phenoxy) is 1. The summed E-state index contributed by atoms with van der Waals surface area (Å²) in [7, 11) is 3.51. The van der Waals surface area contributed by atoms with E-state index in [1.54, 1.807) is 7.11 Å². The molecule has 8 heteroatoms. The fourth-order valence-electron chi connectivity index (χ4n) is 3.51. The molecular weight excluding hydrogens is 362 g/mol. The summed E-state index contributed by atoms with van der Waals surface area (Å²) < 4.78 is 6.80. The van der Waals surface area contributed by atoms with Crippen LogP contribution in [0.1, 0.15) is 39.0 Å². The average molecular weight is 390 g/mol. The van der Waals surface area contributed by atoms with E-state index < -0.39 is 0 Å². The van der Waals surface area contributed by atoms with Gasteiger partial charge in [0.25, 0.3) is 0 Å². The highest BCUT2D eigenvalue weighted by Gasteiger charge is 2.27. The Morgan fingerprint density at radius 1 is 1.30 bits per heavy atom. The largest absolute Gasteiger partial charge is 0.496 e. The molecule has 0 aliphatic heterocycles. The first-order valence-electron chi connectivity index (χ1n) is 9.30. The maximum atomic E-state index is 12.8. The van der Waals surface area contributed by atoms with E-state index in [4.69, 9.17) is 10.6 Å². The maximum Gasteiger partial charge on any atom is 0.235 e. The van der Waals surface area contributed by atoms with Crippen molar-refractivity contribution in [3.05, 3.63) is 24.3 Å². The van der Waals surface area contributed by atoms with Gasteiger partial charge in [0.15, 0.2) is 5.82 Å². The summed E-state index contributed by atoms with van der Waals surface area (Å²) in [5.74, 6) is 7.51. The average Bonchev–Trinajstić information content (AvgIpc) is 3.07. The molecule has 27 heavy (non-hydrogen) atoms. The molecule has 0 bridgehead atoms. The van der Waals surface area contributed by atoms with E-state index in [1.165, 1.54) is 35.7 Å². The molecule has 2 aromatic rings. The van der Waals surface area contributed by atoms with E-state index in [2.05, 4.69) is 10.2 Å². The summed E-state index contributed by atoms with van der Waals surface area (Å²) in [6, 6.07) is 7.85. The molecule has 0 radical (unpaired) electrons. The number of carbonyl (C=O) groups excluding carboxylic acids is 1. The van der Waals surface area contributed by atoms with E-state index >= 15 is 0 Å². The van der Waals surface area contributed by atoms with Crippen molar-refractivity contribution in [3.63, 3.8) is 0 Å². The molecule has 1 aliphatic rings. The first-order valence-corrected chi connectivity index (χ1v) is 10.2. The lowest BCUT2D eigenvalue weighted by atomic mass is 9.94. The first-order chi connectivity index (χ1) is 13.0. The van der Waals surface area contributed by atoms with Crippen LogP contribution in [0.2, 0.25) is 0 Å². The van der Waals surface area contributed by atoms with Crippen molar-refractivity contribution in [2.45, 2.75) is 55.5 Å². The molecule has 1 saturated carbocycles. The topological polar surface area (TPSA) is 86.3 Å². The number of nitrogens with two attached hydrogens (primary N) is 1. The Kier molecular flexibility index (Phi) is 6.26.